The SMILES string of the molecule is CN.O=C1Cc2ccccc2N1. The third-order valence-corrected chi connectivity index (χ3v) is 1.64. The van der Waals surface area contributed by atoms with Gasteiger partial charge < -0.3 is 11.1 Å². The Morgan fingerprint density at radius 3 is 2.67 bits per heavy atom. The maximum absolute atomic E-state index is 10.8. The highest BCUT2D eigenvalue weighted by Crippen LogP contribution is 2.20. The van der Waals surface area contributed by atoms with E-state index in [2.05, 4.69) is 11.1 Å². The Balaban J connectivity index is 0.000000336. The summed E-state index contributed by atoms with van der Waals surface area (Å²) >= 11 is 0. The molecule has 0 aromatic heterocycles. The molecule has 1 aliphatic heterocycles. The van der Waals surface area contributed by atoms with Crippen LogP contribution in [0.2, 0.25) is 0 Å². The third-order valence-electron chi connectivity index (χ3n) is 1.64. The molecule has 0 atom stereocenters. The van der Waals surface area contributed by atoms with Gasteiger partial charge in [-0.05, 0) is 18.7 Å². The molecular weight excluding hydrogens is 152 g/mol. The van der Waals surface area contributed by atoms with Crippen LogP contribution in [0.15, 0.2) is 24.3 Å². The zero-order chi connectivity index (χ0) is 8.97. The number of fused-ring (bicyclic) bond motifs is 1. The molecule has 1 aliphatic rings. The summed E-state index contributed by atoms with van der Waals surface area (Å²) in [5.74, 6) is 0.0983. The summed E-state index contributed by atoms with van der Waals surface area (Å²) in [5, 5.41) is 2.76. The lowest BCUT2D eigenvalue weighted by Crippen LogP contribution is -2.03. The molecule has 2 rings (SSSR count). The fourth-order valence-corrected chi connectivity index (χ4v) is 1.16. The number of nitrogens with two attached hydrogens (primary N) is 1. The number of rotatable bonds is 0. The molecule has 3 N–H and O–H groups in total. The van der Waals surface area contributed by atoms with Crippen LogP contribution in [0.5, 0.6) is 0 Å². The molecule has 1 aromatic carbocycles. The highest BCUT2D eigenvalue weighted by molar-refractivity contribution is 5.98. The van der Waals surface area contributed by atoms with Gasteiger partial charge in [0.2, 0.25) is 5.91 Å². The fourth-order valence-electron chi connectivity index (χ4n) is 1.16. The molecule has 1 heterocycles. The average Bonchev–Trinajstić information content (AvgIpc) is 2.48. The summed E-state index contributed by atoms with van der Waals surface area (Å²) in [6.07, 6.45) is 0.538. The number of carbonyl (C=O) groups excluding carboxylic acids is 1. The molecule has 1 aromatic rings. The molecule has 0 aliphatic carbocycles. The van der Waals surface area contributed by atoms with Crippen molar-refractivity contribution in [3.63, 3.8) is 0 Å². The second kappa shape index (κ2) is 3.88. The topological polar surface area (TPSA) is 55.1 Å². The Kier molecular flexibility index (Phi) is 2.82. The zero-order valence-electron chi connectivity index (χ0n) is 7.00. The van der Waals surface area contributed by atoms with Crippen molar-refractivity contribution in [3.05, 3.63) is 29.8 Å². The Hall–Kier alpha value is -1.35. The number of anilines is 1. The number of hydrogen-bond acceptors (Lipinski definition) is 2. The van der Waals surface area contributed by atoms with E-state index in [9.17, 15) is 4.79 Å². The van der Waals surface area contributed by atoms with Gasteiger partial charge in [-0.25, -0.2) is 0 Å². The van der Waals surface area contributed by atoms with E-state index in [1.807, 2.05) is 24.3 Å². The lowest BCUT2D eigenvalue weighted by atomic mass is 10.2. The van der Waals surface area contributed by atoms with Crippen LogP contribution in [0.4, 0.5) is 5.69 Å². The van der Waals surface area contributed by atoms with Crippen LogP contribution in [-0.4, -0.2) is 13.0 Å². The van der Waals surface area contributed by atoms with Crippen LogP contribution in [-0.2, 0) is 11.2 Å². The molecule has 0 radical (unpaired) electrons. The standard InChI is InChI=1S/C8H7NO.CH5N/c10-8-5-6-3-1-2-4-7(6)9-8;1-2/h1-4H,5H2,(H,9,10);2H2,1H3. The number of amides is 1. The summed E-state index contributed by atoms with van der Waals surface area (Å²) in [6.45, 7) is 0. The second-order valence-corrected chi connectivity index (χ2v) is 2.38. The highest BCUT2D eigenvalue weighted by atomic mass is 16.1. The van der Waals surface area contributed by atoms with Gasteiger partial charge in [0, 0.05) is 5.69 Å². The van der Waals surface area contributed by atoms with Crippen molar-refractivity contribution >= 4 is 11.6 Å². The number of benzene rings is 1. The molecule has 3 nitrogen and oxygen atoms in total. The number of carbonyl (C=O) groups is 1. The van der Waals surface area contributed by atoms with Crippen molar-refractivity contribution in [2.75, 3.05) is 12.4 Å². The van der Waals surface area contributed by atoms with Gasteiger partial charge in [0.25, 0.3) is 0 Å². The smallest absolute Gasteiger partial charge is 0.228 e. The maximum Gasteiger partial charge on any atom is 0.228 e. The monoisotopic (exact) mass is 164 g/mol. The van der Waals surface area contributed by atoms with E-state index in [0.29, 0.717) is 6.42 Å². The summed E-state index contributed by atoms with van der Waals surface area (Å²) in [4.78, 5) is 10.8. The summed E-state index contributed by atoms with van der Waals surface area (Å²) in [5.41, 5.74) is 6.57. The van der Waals surface area contributed by atoms with Crippen molar-refractivity contribution in [2.45, 2.75) is 6.42 Å². The lowest BCUT2D eigenvalue weighted by Gasteiger charge is -1.93. The van der Waals surface area contributed by atoms with E-state index < -0.39 is 0 Å². The van der Waals surface area contributed by atoms with E-state index in [0.717, 1.165) is 11.3 Å². The van der Waals surface area contributed by atoms with Crippen molar-refractivity contribution in [3.8, 4) is 0 Å². The predicted octanol–water partition coefficient (Wildman–Crippen LogP) is 0.756. The first kappa shape index (κ1) is 8.74. The maximum atomic E-state index is 10.8. The molecule has 0 bridgehead atoms. The van der Waals surface area contributed by atoms with Gasteiger partial charge in [0.1, 0.15) is 0 Å². The van der Waals surface area contributed by atoms with Gasteiger partial charge >= 0.3 is 0 Å². The third kappa shape index (κ3) is 1.62. The highest BCUT2D eigenvalue weighted by Gasteiger charge is 2.15. The van der Waals surface area contributed by atoms with E-state index in [1.165, 1.54) is 7.05 Å². The molecule has 12 heavy (non-hydrogen) atoms. The minimum atomic E-state index is 0.0983. The van der Waals surface area contributed by atoms with E-state index >= 15 is 0 Å². The van der Waals surface area contributed by atoms with Gasteiger partial charge in [-0.1, -0.05) is 18.2 Å². The van der Waals surface area contributed by atoms with Gasteiger partial charge in [-0.3, -0.25) is 4.79 Å². The van der Waals surface area contributed by atoms with Crippen molar-refractivity contribution in [1.29, 1.82) is 0 Å². The normalized spacial score (nSPS) is 12.7. The van der Waals surface area contributed by atoms with Crippen LogP contribution in [0.25, 0.3) is 0 Å². The molecule has 0 unspecified atom stereocenters. The Bertz CT molecular complexity index is 257. The number of nitrogens with one attached hydrogen (secondary N) is 1. The summed E-state index contributed by atoms with van der Waals surface area (Å²) in [7, 11) is 1.50. The predicted molar refractivity (Wildman–Crippen MR) is 48.9 cm³/mol. The van der Waals surface area contributed by atoms with Crippen LogP contribution in [0.1, 0.15) is 5.56 Å². The number of hydrogen-bond donors (Lipinski definition) is 2. The first-order valence-corrected chi connectivity index (χ1v) is 3.82. The van der Waals surface area contributed by atoms with Crippen molar-refractivity contribution in [2.24, 2.45) is 5.73 Å². The molecule has 0 spiro atoms. The zero-order valence-corrected chi connectivity index (χ0v) is 7.00. The van der Waals surface area contributed by atoms with Crippen LogP contribution < -0.4 is 11.1 Å². The first-order chi connectivity index (χ1) is 5.86. The van der Waals surface area contributed by atoms with Gasteiger partial charge in [-0.2, -0.15) is 0 Å². The fraction of sp³-hybridized carbons (Fsp3) is 0.222. The molecule has 1 amide bonds. The van der Waals surface area contributed by atoms with E-state index in [4.69, 9.17) is 0 Å². The van der Waals surface area contributed by atoms with E-state index in [1.54, 1.807) is 0 Å². The van der Waals surface area contributed by atoms with Crippen molar-refractivity contribution < 1.29 is 4.79 Å². The Morgan fingerprint density at radius 1 is 1.33 bits per heavy atom. The second-order valence-electron chi connectivity index (χ2n) is 2.38. The van der Waals surface area contributed by atoms with Gasteiger partial charge in [0.15, 0.2) is 0 Å². The molecule has 0 saturated carbocycles. The lowest BCUT2D eigenvalue weighted by molar-refractivity contribution is -0.115. The van der Waals surface area contributed by atoms with Gasteiger partial charge in [-0.15, -0.1) is 0 Å². The van der Waals surface area contributed by atoms with Crippen LogP contribution in [0, 0.1) is 0 Å². The Morgan fingerprint density at radius 2 is 2.00 bits per heavy atom. The molecular formula is C9H12N2O. The summed E-state index contributed by atoms with van der Waals surface area (Å²) in [6, 6.07) is 7.75. The first-order valence-electron chi connectivity index (χ1n) is 3.82. The number of para-hydroxylation sites is 1. The average molecular weight is 164 g/mol. The molecule has 0 saturated heterocycles. The molecule has 0 fully saturated rings. The van der Waals surface area contributed by atoms with Gasteiger partial charge in [0.05, 0.1) is 6.42 Å². The van der Waals surface area contributed by atoms with E-state index in [-0.39, 0.29) is 5.91 Å². The van der Waals surface area contributed by atoms with Crippen LogP contribution in [0.3, 0.4) is 0 Å². The molecule has 3 heteroatoms. The Labute approximate surface area is 71.6 Å². The van der Waals surface area contributed by atoms with Crippen molar-refractivity contribution in [1.82, 2.24) is 0 Å². The van der Waals surface area contributed by atoms with Crippen LogP contribution >= 0.6 is 0 Å². The minimum absolute atomic E-state index is 0.0983. The quantitative estimate of drug-likeness (QED) is 0.594. The molecule has 64 valence electrons. The minimum Gasteiger partial charge on any atom is -0.333 e. The largest absolute Gasteiger partial charge is 0.333 e. The summed E-state index contributed by atoms with van der Waals surface area (Å²) < 4.78 is 0.